The van der Waals surface area contributed by atoms with Crippen LogP contribution in [-0.2, 0) is 19.5 Å². The summed E-state index contributed by atoms with van der Waals surface area (Å²) >= 11 is 5.82. The number of rotatable bonds is 7. The zero-order valence-corrected chi connectivity index (χ0v) is 25.7. The molecule has 0 N–H and O–H groups in total. The van der Waals surface area contributed by atoms with Crippen LogP contribution in [0.1, 0.15) is 13.3 Å². The molecular weight excluding hydrogens is 609 g/mol. The van der Waals surface area contributed by atoms with Crippen molar-refractivity contribution in [2.24, 2.45) is 11.8 Å². The number of hydrogen-bond donors (Lipinski definition) is 0. The first kappa shape index (κ1) is 29.1. The second-order valence-corrected chi connectivity index (χ2v) is 15.0. The molecule has 1 radical (unpaired) electrons. The Balaban J connectivity index is 0.000000316. The predicted octanol–water partition coefficient (Wildman–Crippen LogP) is 7.95. The molecule has 0 heterocycles. The van der Waals surface area contributed by atoms with E-state index < -0.39 is 7.92 Å². The molecule has 4 heteroatoms. The Kier molecular flexibility index (Phi) is 11.1. The van der Waals surface area contributed by atoms with Crippen molar-refractivity contribution < 1.29 is 19.5 Å². The third-order valence-electron chi connectivity index (χ3n) is 6.94. The van der Waals surface area contributed by atoms with Crippen LogP contribution in [0.4, 0.5) is 0 Å². The minimum absolute atomic E-state index is 0. The zero-order chi connectivity index (χ0) is 25.5. The molecule has 4 aromatic rings. The maximum Gasteiger partial charge on any atom is 0.0216 e. The van der Waals surface area contributed by atoms with E-state index >= 15 is 0 Å². The summed E-state index contributed by atoms with van der Waals surface area (Å²) < 4.78 is 0. The van der Waals surface area contributed by atoms with Crippen LogP contribution in [-0.4, -0.2) is 11.8 Å². The third kappa shape index (κ3) is 7.41. The summed E-state index contributed by atoms with van der Waals surface area (Å²) in [5.74, 6) is 1.26. The van der Waals surface area contributed by atoms with Gasteiger partial charge in [-0.15, -0.1) is 0 Å². The van der Waals surface area contributed by atoms with E-state index in [1.165, 1.54) is 33.8 Å². The fourth-order valence-corrected chi connectivity index (χ4v) is 11.2. The Labute approximate surface area is 248 Å². The van der Waals surface area contributed by atoms with E-state index in [9.17, 15) is 0 Å². The molecule has 2 aliphatic rings. The van der Waals surface area contributed by atoms with Gasteiger partial charge in [0.05, 0.1) is 0 Å². The first-order chi connectivity index (χ1) is 18.2. The summed E-state index contributed by atoms with van der Waals surface area (Å²) in [6.07, 6.45) is 9.01. The zero-order valence-electron chi connectivity index (χ0n) is 21.5. The normalized spacial score (nSPS) is 17.9. The van der Waals surface area contributed by atoms with Crippen LogP contribution in [0.15, 0.2) is 145 Å². The van der Waals surface area contributed by atoms with E-state index in [1.54, 1.807) is 0 Å². The van der Waals surface area contributed by atoms with Crippen molar-refractivity contribution in [3.8, 4) is 0 Å². The van der Waals surface area contributed by atoms with Gasteiger partial charge in [0.2, 0.25) is 0 Å². The van der Waals surface area contributed by atoms with Gasteiger partial charge >= 0.3 is 0 Å². The SMILES string of the molecule is C[C@H](CP(c1ccccc1)c1ccccc1)P(c1ccccc1)c1ccccc1.ClC1=CC2C=CC1C2.[Rh]. The summed E-state index contributed by atoms with van der Waals surface area (Å²) in [5, 5.41) is 6.93. The Morgan fingerprint density at radius 1 is 0.658 bits per heavy atom. The van der Waals surface area contributed by atoms with Gasteiger partial charge in [0.1, 0.15) is 0 Å². The van der Waals surface area contributed by atoms with Crippen LogP contribution in [0.25, 0.3) is 0 Å². The molecule has 0 saturated heterocycles. The summed E-state index contributed by atoms with van der Waals surface area (Å²) in [4.78, 5) is 0. The van der Waals surface area contributed by atoms with E-state index in [-0.39, 0.29) is 27.4 Å². The quantitative estimate of drug-likeness (QED) is 0.109. The third-order valence-corrected chi connectivity index (χ3v) is 13.2. The minimum Gasteiger partial charge on any atom is -0.0888 e. The summed E-state index contributed by atoms with van der Waals surface area (Å²) in [6.45, 7) is 2.45. The average molecular weight is 642 g/mol. The standard InChI is InChI=1S/C27H26P2.C7H7Cl.Rh/c1-23(29(26-18-10-4-11-19-26)27-20-12-5-13-21-27)22-28(24-14-6-2-7-15-24)25-16-8-3-9-17-25;8-7-4-5-1-2-6(7)3-5;/h2-21,23H,22H2,1H3;1-2,4-6H,3H2;/t23-;;/m1../s1. The van der Waals surface area contributed by atoms with Gasteiger partial charge in [-0.25, -0.2) is 0 Å². The molecule has 38 heavy (non-hydrogen) atoms. The molecule has 0 amide bonds. The van der Waals surface area contributed by atoms with Crippen molar-refractivity contribution in [1.29, 1.82) is 0 Å². The largest absolute Gasteiger partial charge is 0.0888 e. The fourth-order valence-electron chi connectivity index (χ4n) is 5.14. The van der Waals surface area contributed by atoms with Crippen molar-refractivity contribution in [2.75, 3.05) is 6.16 Å². The second kappa shape index (κ2) is 14.5. The van der Waals surface area contributed by atoms with Gasteiger partial charge in [-0.2, -0.15) is 0 Å². The molecule has 6 rings (SSSR count). The van der Waals surface area contributed by atoms with Crippen LogP contribution in [0, 0.1) is 11.8 Å². The molecule has 2 unspecified atom stereocenters. The molecule has 3 atom stereocenters. The van der Waals surface area contributed by atoms with Crippen molar-refractivity contribution in [1.82, 2.24) is 0 Å². The van der Waals surface area contributed by atoms with E-state index in [0.29, 0.717) is 17.5 Å². The maximum absolute atomic E-state index is 5.82. The van der Waals surface area contributed by atoms with E-state index in [2.05, 4.69) is 146 Å². The summed E-state index contributed by atoms with van der Waals surface area (Å²) in [7, 11) is -0.796. The molecule has 0 aromatic heterocycles. The van der Waals surface area contributed by atoms with Gasteiger partial charge in [-0.1, -0.05) is 158 Å². The average Bonchev–Trinajstić information content (AvgIpc) is 3.57. The molecule has 0 fully saturated rings. The Morgan fingerprint density at radius 2 is 1.08 bits per heavy atom. The van der Waals surface area contributed by atoms with Gasteiger partial charge in [-0.3, -0.25) is 0 Å². The van der Waals surface area contributed by atoms with Crippen molar-refractivity contribution in [2.45, 2.75) is 19.0 Å². The van der Waals surface area contributed by atoms with Crippen LogP contribution < -0.4 is 21.2 Å². The number of halogens is 1. The predicted molar refractivity (Wildman–Crippen MR) is 167 cm³/mol. The smallest absolute Gasteiger partial charge is 0.0216 e. The molecule has 0 aliphatic heterocycles. The van der Waals surface area contributed by atoms with Gasteiger partial charge in [0.15, 0.2) is 0 Å². The van der Waals surface area contributed by atoms with Crippen molar-refractivity contribution in [3.63, 3.8) is 0 Å². The van der Waals surface area contributed by atoms with Crippen molar-refractivity contribution >= 4 is 48.7 Å². The molecular formula is C34H33ClP2Rh. The molecule has 0 spiro atoms. The van der Waals surface area contributed by atoms with E-state index in [1.807, 2.05) is 0 Å². The van der Waals surface area contributed by atoms with Crippen LogP contribution in [0.5, 0.6) is 0 Å². The van der Waals surface area contributed by atoms with Crippen molar-refractivity contribution in [3.05, 3.63) is 145 Å². The monoisotopic (exact) mass is 641 g/mol. The molecule has 2 aliphatic carbocycles. The molecule has 2 bridgehead atoms. The summed E-state index contributed by atoms with van der Waals surface area (Å²) in [5.41, 5.74) is 0.585. The topological polar surface area (TPSA) is 0 Å². The fraction of sp³-hybridized carbons (Fsp3) is 0.176. The molecule has 195 valence electrons. The van der Waals surface area contributed by atoms with Crippen LogP contribution >= 0.6 is 27.4 Å². The molecule has 0 nitrogen and oxygen atoms in total. The van der Waals surface area contributed by atoms with Gasteiger partial charge in [-0.05, 0) is 61.2 Å². The van der Waals surface area contributed by atoms with Gasteiger partial charge < -0.3 is 0 Å². The van der Waals surface area contributed by atoms with E-state index in [4.69, 9.17) is 11.6 Å². The van der Waals surface area contributed by atoms with Crippen LogP contribution in [0.2, 0.25) is 0 Å². The molecule has 0 saturated carbocycles. The van der Waals surface area contributed by atoms with Gasteiger partial charge in [0.25, 0.3) is 0 Å². The van der Waals surface area contributed by atoms with Crippen LogP contribution in [0.3, 0.4) is 0 Å². The first-order valence-electron chi connectivity index (χ1n) is 13.0. The minimum atomic E-state index is -0.409. The maximum atomic E-state index is 5.82. The second-order valence-electron chi connectivity index (χ2n) is 9.61. The Bertz CT molecular complexity index is 1230. The van der Waals surface area contributed by atoms with Gasteiger partial charge in [0, 0.05) is 30.4 Å². The number of fused-ring (bicyclic) bond motifs is 2. The van der Waals surface area contributed by atoms with E-state index in [0.717, 1.165) is 5.03 Å². The number of hydrogen-bond acceptors (Lipinski definition) is 0. The first-order valence-corrected chi connectivity index (χ1v) is 16.3. The summed E-state index contributed by atoms with van der Waals surface area (Å²) in [6, 6.07) is 44.3. The number of allylic oxidation sites excluding steroid dienone is 4. The Hall–Kier alpha value is -1.87. The number of benzene rings is 4. The Morgan fingerprint density at radius 3 is 1.39 bits per heavy atom. The molecule has 4 aromatic carbocycles.